The van der Waals surface area contributed by atoms with Crippen LogP contribution in [0, 0.1) is 0 Å². The average Bonchev–Trinajstić information content (AvgIpc) is 2.33. The van der Waals surface area contributed by atoms with Crippen LogP contribution in [-0.2, 0) is 6.54 Å². The van der Waals surface area contributed by atoms with E-state index < -0.39 is 5.54 Å². The van der Waals surface area contributed by atoms with Crippen molar-refractivity contribution in [3.8, 4) is 0 Å². The quantitative estimate of drug-likeness (QED) is 0.695. The third-order valence-corrected chi connectivity index (χ3v) is 3.28. The van der Waals surface area contributed by atoms with Gasteiger partial charge in [-0.25, -0.2) is 0 Å². The molecule has 1 aliphatic rings. The molecule has 1 heterocycles. The molecule has 5 heteroatoms. The average molecular weight is 235 g/mol. The molecule has 0 aliphatic heterocycles. The van der Waals surface area contributed by atoms with Gasteiger partial charge in [0, 0.05) is 18.3 Å². The van der Waals surface area contributed by atoms with Crippen LogP contribution in [0.4, 0.5) is 0 Å². The molecule has 1 saturated carbocycles. The summed E-state index contributed by atoms with van der Waals surface area (Å²) in [5.41, 5.74) is 6.29. The largest absolute Gasteiger partial charge is 0.394 e. The zero-order valence-corrected chi connectivity index (χ0v) is 9.65. The molecule has 1 aliphatic carbocycles. The maximum Gasteiger partial charge on any atom is 0.251 e. The van der Waals surface area contributed by atoms with E-state index in [0.29, 0.717) is 17.8 Å². The smallest absolute Gasteiger partial charge is 0.251 e. The first kappa shape index (κ1) is 12.0. The van der Waals surface area contributed by atoms with Crippen molar-refractivity contribution in [2.75, 3.05) is 6.61 Å². The third kappa shape index (κ3) is 2.45. The van der Waals surface area contributed by atoms with Crippen LogP contribution >= 0.6 is 0 Å². The lowest BCUT2D eigenvalue weighted by Crippen LogP contribution is -2.56. The lowest BCUT2D eigenvalue weighted by Gasteiger charge is -2.40. The van der Waals surface area contributed by atoms with Gasteiger partial charge in [-0.15, -0.1) is 0 Å². The lowest BCUT2D eigenvalue weighted by molar-refractivity contribution is 0.0641. The summed E-state index contributed by atoms with van der Waals surface area (Å²) in [4.78, 5) is 16.0. The number of hydrogen-bond acceptors (Lipinski definition) is 4. The normalized spacial score (nSPS) is 17.3. The number of aliphatic hydroxyl groups excluding tert-OH is 1. The van der Waals surface area contributed by atoms with E-state index in [0.717, 1.165) is 19.3 Å². The zero-order valence-electron chi connectivity index (χ0n) is 9.65. The fourth-order valence-electron chi connectivity index (χ4n) is 1.97. The number of amides is 1. The van der Waals surface area contributed by atoms with Crippen LogP contribution in [0.2, 0.25) is 0 Å². The van der Waals surface area contributed by atoms with E-state index in [9.17, 15) is 9.90 Å². The van der Waals surface area contributed by atoms with Crippen LogP contribution < -0.4 is 11.1 Å². The summed E-state index contributed by atoms with van der Waals surface area (Å²) in [7, 11) is 0. The minimum atomic E-state index is -0.413. The highest BCUT2D eigenvalue weighted by molar-refractivity contribution is 5.94. The van der Waals surface area contributed by atoms with E-state index in [1.165, 1.54) is 0 Å². The Hall–Kier alpha value is -1.46. The van der Waals surface area contributed by atoms with Crippen molar-refractivity contribution in [1.82, 2.24) is 10.3 Å². The second-order valence-corrected chi connectivity index (χ2v) is 4.49. The van der Waals surface area contributed by atoms with E-state index in [1.807, 2.05) is 0 Å². The predicted molar refractivity (Wildman–Crippen MR) is 63.3 cm³/mol. The van der Waals surface area contributed by atoms with Crippen molar-refractivity contribution in [2.45, 2.75) is 31.3 Å². The number of carbonyl (C=O) groups is 1. The first-order valence-corrected chi connectivity index (χ1v) is 5.77. The SMILES string of the molecule is NCc1cc(C(=O)NC2(CO)CCC2)ccn1. The van der Waals surface area contributed by atoms with Crippen molar-refractivity contribution < 1.29 is 9.90 Å². The van der Waals surface area contributed by atoms with Gasteiger partial charge in [-0.05, 0) is 31.4 Å². The van der Waals surface area contributed by atoms with E-state index in [1.54, 1.807) is 18.3 Å². The van der Waals surface area contributed by atoms with Gasteiger partial charge in [0.15, 0.2) is 0 Å². The second-order valence-electron chi connectivity index (χ2n) is 4.49. The number of nitrogens with one attached hydrogen (secondary N) is 1. The monoisotopic (exact) mass is 235 g/mol. The van der Waals surface area contributed by atoms with Gasteiger partial charge in [0.05, 0.1) is 17.8 Å². The topological polar surface area (TPSA) is 88.2 Å². The minimum absolute atomic E-state index is 0.00638. The van der Waals surface area contributed by atoms with E-state index in [-0.39, 0.29) is 12.5 Å². The number of nitrogens with two attached hydrogens (primary N) is 1. The van der Waals surface area contributed by atoms with Crippen molar-refractivity contribution in [1.29, 1.82) is 0 Å². The number of carbonyl (C=O) groups excluding carboxylic acids is 1. The highest BCUT2D eigenvalue weighted by Gasteiger charge is 2.37. The van der Waals surface area contributed by atoms with Crippen LogP contribution in [-0.4, -0.2) is 28.1 Å². The number of aromatic nitrogens is 1. The summed E-state index contributed by atoms with van der Waals surface area (Å²) < 4.78 is 0. The van der Waals surface area contributed by atoms with E-state index in [4.69, 9.17) is 5.73 Å². The number of pyridine rings is 1. The summed E-state index contributed by atoms with van der Waals surface area (Å²) in [5, 5.41) is 12.2. The molecule has 17 heavy (non-hydrogen) atoms. The Kier molecular flexibility index (Phi) is 3.40. The molecule has 0 atom stereocenters. The highest BCUT2D eigenvalue weighted by Crippen LogP contribution is 2.31. The summed E-state index contributed by atoms with van der Waals surface area (Å²) in [5.74, 6) is -0.171. The number of rotatable bonds is 4. The van der Waals surface area contributed by atoms with Crippen LogP contribution in [0.3, 0.4) is 0 Å². The molecule has 0 spiro atoms. The van der Waals surface area contributed by atoms with Gasteiger partial charge in [-0.1, -0.05) is 0 Å². The summed E-state index contributed by atoms with van der Waals surface area (Å²) >= 11 is 0. The van der Waals surface area contributed by atoms with Crippen molar-refractivity contribution >= 4 is 5.91 Å². The first-order valence-electron chi connectivity index (χ1n) is 5.77. The van der Waals surface area contributed by atoms with Gasteiger partial charge in [-0.2, -0.15) is 0 Å². The Labute approximate surface area is 100 Å². The van der Waals surface area contributed by atoms with Crippen LogP contribution in [0.15, 0.2) is 18.3 Å². The Bertz CT molecular complexity index is 410. The predicted octanol–water partition coefficient (Wildman–Crippen LogP) is 0.185. The third-order valence-electron chi connectivity index (χ3n) is 3.28. The number of nitrogens with zero attached hydrogens (tertiary/aromatic N) is 1. The summed E-state index contributed by atoms with van der Waals surface area (Å²) in [6.45, 7) is 0.305. The van der Waals surface area contributed by atoms with Crippen molar-refractivity contribution in [3.63, 3.8) is 0 Å². The van der Waals surface area contributed by atoms with Gasteiger partial charge < -0.3 is 16.2 Å². The van der Waals surface area contributed by atoms with Crippen LogP contribution in [0.5, 0.6) is 0 Å². The van der Waals surface area contributed by atoms with Gasteiger partial charge in [0.1, 0.15) is 0 Å². The van der Waals surface area contributed by atoms with Crippen LogP contribution in [0.25, 0.3) is 0 Å². The minimum Gasteiger partial charge on any atom is -0.394 e. The fourth-order valence-corrected chi connectivity index (χ4v) is 1.97. The van der Waals surface area contributed by atoms with Crippen molar-refractivity contribution in [3.05, 3.63) is 29.6 Å². The molecule has 2 rings (SSSR count). The molecule has 0 radical (unpaired) electrons. The van der Waals surface area contributed by atoms with Crippen LogP contribution in [0.1, 0.15) is 35.3 Å². The first-order chi connectivity index (χ1) is 8.19. The Balaban J connectivity index is 2.08. The molecule has 1 aromatic rings. The molecule has 0 unspecified atom stereocenters. The molecule has 1 amide bonds. The number of aliphatic hydroxyl groups is 1. The standard InChI is InChI=1S/C12H17N3O2/c13-7-10-6-9(2-5-14-10)11(17)15-12(8-16)3-1-4-12/h2,5-6,16H,1,3-4,7-8,13H2,(H,15,17). The molecule has 1 fully saturated rings. The maximum absolute atomic E-state index is 12.0. The summed E-state index contributed by atoms with van der Waals surface area (Å²) in [6.07, 6.45) is 4.29. The van der Waals surface area contributed by atoms with Gasteiger partial charge in [0.25, 0.3) is 5.91 Å². The lowest BCUT2D eigenvalue weighted by atomic mass is 9.77. The van der Waals surface area contributed by atoms with E-state index >= 15 is 0 Å². The van der Waals surface area contributed by atoms with Gasteiger partial charge >= 0.3 is 0 Å². The van der Waals surface area contributed by atoms with Crippen molar-refractivity contribution in [2.24, 2.45) is 5.73 Å². The second kappa shape index (κ2) is 4.81. The Morgan fingerprint density at radius 2 is 2.35 bits per heavy atom. The maximum atomic E-state index is 12.0. The number of hydrogen-bond donors (Lipinski definition) is 3. The molecule has 5 nitrogen and oxygen atoms in total. The van der Waals surface area contributed by atoms with E-state index in [2.05, 4.69) is 10.3 Å². The molecular weight excluding hydrogens is 218 g/mol. The van der Waals surface area contributed by atoms with Gasteiger partial charge in [0.2, 0.25) is 0 Å². The molecule has 0 aromatic carbocycles. The molecule has 1 aromatic heterocycles. The molecule has 0 saturated heterocycles. The molecular formula is C12H17N3O2. The van der Waals surface area contributed by atoms with Gasteiger partial charge in [-0.3, -0.25) is 9.78 Å². The molecule has 0 bridgehead atoms. The Morgan fingerprint density at radius 3 is 2.88 bits per heavy atom. The summed E-state index contributed by atoms with van der Waals surface area (Å²) in [6, 6.07) is 3.33. The molecule has 92 valence electrons. The highest BCUT2D eigenvalue weighted by atomic mass is 16.3. The zero-order chi connectivity index (χ0) is 12.3. The fraction of sp³-hybridized carbons (Fsp3) is 0.500. The molecule has 4 N–H and O–H groups in total. The Morgan fingerprint density at radius 1 is 1.59 bits per heavy atom.